The third kappa shape index (κ3) is 3.26. The molecule has 178 valence electrons. The number of nitrogens with two attached hydrogens (primary N) is 1. The molecule has 2 aromatic carbocycles. The van der Waals surface area contributed by atoms with Gasteiger partial charge in [-0.2, -0.15) is 0 Å². The largest absolute Gasteiger partial charge is 0.368 e. The number of hydrogen-bond acceptors (Lipinski definition) is 3. The molecule has 1 saturated heterocycles. The third-order valence-electron chi connectivity index (χ3n) is 8.65. The second-order valence-corrected chi connectivity index (χ2v) is 10.4. The molecule has 3 unspecified atom stereocenters. The first kappa shape index (κ1) is 21.7. The first-order chi connectivity index (χ1) is 16.6. The standard InChI is InChI=1S/C28H34N4O2/c1-2-22(27(29)33)32-24-12-4-3-11-23(24)31(28(32)34)20-13-15-30(16-14-20)25-17-19-9-5-7-18-8-6-10-21(25)26(18)19/h3-4,6,8,10-12,19-20,22,25H,2,5,7,9,13-17H2,1H3,(H2,29,33). The normalized spacial score (nSPS) is 23.8. The molecule has 1 aliphatic heterocycles. The molecular formula is C28H34N4O2. The Bertz CT molecular complexity index is 1300. The van der Waals surface area contributed by atoms with Crippen molar-refractivity contribution in [3.63, 3.8) is 0 Å². The number of aryl methyl sites for hydroxylation is 1. The van der Waals surface area contributed by atoms with Crippen LogP contribution in [-0.2, 0) is 11.2 Å². The van der Waals surface area contributed by atoms with Gasteiger partial charge in [0.1, 0.15) is 6.04 Å². The van der Waals surface area contributed by atoms with Gasteiger partial charge in [0.05, 0.1) is 11.0 Å². The molecule has 1 fully saturated rings. The van der Waals surface area contributed by atoms with Gasteiger partial charge in [0.2, 0.25) is 5.91 Å². The van der Waals surface area contributed by atoms with E-state index in [1.165, 1.54) is 25.7 Å². The lowest BCUT2D eigenvalue weighted by molar-refractivity contribution is -0.121. The second kappa shape index (κ2) is 8.42. The number of primary amides is 1. The maximum atomic E-state index is 13.6. The Hall–Kier alpha value is -2.86. The first-order valence-electron chi connectivity index (χ1n) is 12.9. The molecule has 6 heteroatoms. The molecule has 1 aromatic heterocycles. The number of carbonyl (C=O) groups is 1. The van der Waals surface area contributed by atoms with Crippen LogP contribution in [-0.4, -0.2) is 33.0 Å². The molecule has 2 aliphatic carbocycles. The van der Waals surface area contributed by atoms with E-state index in [1.54, 1.807) is 21.3 Å². The molecule has 0 bridgehead atoms. The van der Waals surface area contributed by atoms with Crippen LogP contribution in [0.2, 0.25) is 0 Å². The van der Waals surface area contributed by atoms with E-state index in [-0.39, 0.29) is 11.7 Å². The summed E-state index contributed by atoms with van der Waals surface area (Å²) in [5, 5.41) is 0. The maximum Gasteiger partial charge on any atom is 0.330 e. The number of para-hydroxylation sites is 2. The summed E-state index contributed by atoms with van der Waals surface area (Å²) in [5.41, 5.74) is 12.1. The van der Waals surface area contributed by atoms with Crippen molar-refractivity contribution in [2.45, 2.75) is 75.9 Å². The van der Waals surface area contributed by atoms with Gasteiger partial charge in [-0.15, -0.1) is 0 Å². The number of carbonyl (C=O) groups excluding carboxylic acids is 1. The van der Waals surface area contributed by atoms with E-state index in [0.29, 0.717) is 12.5 Å². The van der Waals surface area contributed by atoms with E-state index in [2.05, 4.69) is 23.1 Å². The monoisotopic (exact) mass is 458 g/mol. The van der Waals surface area contributed by atoms with Crippen molar-refractivity contribution in [1.29, 1.82) is 0 Å². The molecule has 3 aliphatic rings. The van der Waals surface area contributed by atoms with Crippen LogP contribution in [0.4, 0.5) is 0 Å². The van der Waals surface area contributed by atoms with Gasteiger partial charge in [-0.1, -0.05) is 37.3 Å². The maximum absolute atomic E-state index is 13.6. The fourth-order valence-corrected chi connectivity index (χ4v) is 7.12. The van der Waals surface area contributed by atoms with Gasteiger partial charge in [-0.05, 0) is 79.7 Å². The average molecular weight is 459 g/mol. The smallest absolute Gasteiger partial charge is 0.330 e. The van der Waals surface area contributed by atoms with Crippen molar-refractivity contribution < 1.29 is 4.79 Å². The van der Waals surface area contributed by atoms with Crippen molar-refractivity contribution in [2.75, 3.05) is 13.1 Å². The molecule has 3 aromatic rings. The summed E-state index contributed by atoms with van der Waals surface area (Å²) in [6, 6.07) is 14.8. The van der Waals surface area contributed by atoms with E-state index in [1.807, 2.05) is 35.8 Å². The summed E-state index contributed by atoms with van der Waals surface area (Å²) in [4.78, 5) is 28.4. The summed E-state index contributed by atoms with van der Waals surface area (Å²) in [6.07, 6.45) is 7.50. The lowest BCUT2D eigenvalue weighted by Gasteiger charge is -2.37. The molecule has 1 amide bonds. The van der Waals surface area contributed by atoms with Gasteiger partial charge >= 0.3 is 5.69 Å². The predicted molar refractivity (Wildman–Crippen MR) is 134 cm³/mol. The summed E-state index contributed by atoms with van der Waals surface area (Å²) < 4.78 is 3.56. The van der Waals surface area contributed by atoms with Crippen LogP contribution in [0.15, 0.2) is 47.3 Å². The van der Waals surface area contributed by atoms with Gasteiger partial charge in [0.15, 0.2) is 0 Å². The molecule has 3 atom stereocenters. The Kier molecular flexibility index (Phi) is 5.36. The van der Waals surface area contributed by atoms with Gasteiger partial charge in [0, 0.05) is 25.2 Å². The SMILES string of the molecule is CCC(C(N)=O)n1c(=O)n(C2CCN(C3CC4CCCc5cccc3c54)CC2)c2ccccc21. The summed E-state index contributed by atoms with van der Waals surface area (Å²) in [5.74, 6) is 0.275. The minimum atomic E-state index is -0.616. The number of aromatic nitrogens is 2. The van der Waals surface area contributed by atoms with Crippen LogP contribution < -0.4 is 11.4 Å². The molecule has 2 heterocycles. The van der Waals surface area contributed by atoms with Gasteiger partial charge < -0.3 is 5.73 Å². The highest BCUT2D eigenvalue weighted by Gasteiger charge is 2.39. The van der Waals surface area contributed by atoms with Crippen LogP contribution in [0.3, 0.4) is 0 Å². The number of fused-ring (bicyclic) bond motifs is 1. The number of nitrogens with zero attached hydrogens (tertiary/aromatic N) is 3. The lowest BCUT2D eigenvalue weighted by Crippen LogP contribution is -2.40. The summed E-state index contributed by atoms with van der Waals surface area (Å²) >= 11 is 0. The van der Waals surface area contributed by atoms with Crippen LogP contribution >= 0.6 is 0 Å². The molecule has 0 radical (unpaired) electrons. The van der Waals surface area contributed by atoms with Crippen LogP contribution in [0.1, 0.15) is 86.2 Å². The topological polar surface area (TPSA) is 73.3 Å². The van der Waals surface area contributed by atoms with Gasteiger partial charge in [-0.3, -0.25) is 18.8 Å². The average Bonchev–Trinajstić information content (AvgIpc) is 3.37. The molecule has 0 spiro atoms. The Labute approximate surface area is 200 Å². The zero-order valence-electron chi connectivity index (χ0n) is 20.0. The summed E-state index contributed by atoms with van der Waals surface area (Å²) in [6.45, 7) is 3.89. The molecular weight excluding hydrogens is 424 g/mol. The number of hydrogen-bond donors (Lipinski definition) is 1. The minimum absolute atomic E-state index is 0.105. The predicted octanol–water partition coefficient (Wildman–Crippen LogP) is 4.44. The Morgan fingerprint density at radius 3 is 2.56 bits per heavy atom. The fourth-order valence-electron chi connectivity index (χ4n) is 7.12. The van der Waals surface area contributed by atoms with Crippen molar-refractivity contribution in [3.05, 3.63) is 69.6 Å². The number of rotatable bonds is 5. The van der Waals surface area contributed by atoms with Crippen LogP contribution in [0, 0.1) is 0 Å². The number of likely N-dealkylation sites (tertiary alicyclic amines) is 1. The van der Waals surface area contributed by atoms with Crippen molar-refractivity contribution in [1.82, 2.24) is 14.0 Å². The Balaban J connectivity index is 1.28. The highest BCUT2D eigenvalue weighted by molar-refractivity contribution is 5.83. The van der Waals surface area contributed by atoms with E-state index in [9.17, 15) is 9.59 Å². The van der Waals surface area contributed by atoms with Gasteiger partial charge in [0.25, 0.3) is 0 Å². The van der Waals surface area contributed by atoms with E-state index < -0.39 is 11.9 Å². The van der Waals surface area contributed by atoms with Crippen molar-refractivity contribution >= 4 is 16.9 Å². The third-order valence-corrected chi connectivity index (χ3v) is 8.65. The summed E-state index contributed by atoms with van der Waals surface area (Å²) in [7, 11) is 0. The van der Waals surface area contributed by atoms with Crippen molar-refractivity contribution in [3.8, 4) is 0 Å². The zero-order chi connectivity index (χ0) is 23.4. The lowest BCUT2D eigenvalue weighted by atomic mass is 9.84. The molecule has 2 N–H and O–H groups in total. The van der Waals surface area contributed by atoms with Gasteiger partial charge in [-0.25, -0.2) is 4.79 Å². The number of piperidine rings is 1. The Morgan fingerprint density at radius 2 is 1.82 bits per heavy atom. The van der Waals surface area contributed by atoms with Crippen LogP contribution in [0.25, 0.3) is 11.0 Å². The molecule has 6 nitrogen and oxygen atoms in total. The van der Waals surface area contributed by atoms with Crippen molar-refractivity contribution in [2.24, 2.45) is 5.73 Å². The van der Waals surface area contributed by atoms with E-state index >= 15 is 0 Å². The molecule has 0 saturated carbocycles. The van der Waals surface area contributed by atoms with E-state index in [0.717, 1.165) is 42.9 Å². The minimum Gasteiger partial charge on any atom is -0.368 e. The number of imidazole rings is 1. The van der Waals surface area contributed by atoms with E-state index in [4.69, 9.17) is 5.73 Å². The zero-order valence-corrected chi connectivity index (χ0v) is 20.0. The quantitative estimate of drug-likeness (QED) is 0.614. The van der Waals surface area contributed by atoms with Crippen LogP contribution in [0.5, 0.6) is 0 Å². The second-order valence-electron chi connectivity index (χ2n) is 10.4. The first-order valence-corrected chi connectivity index (χ1v) is 12.9. The number of benzene rings is 2. The Morgan fingerprint density at radius 1 is 1.06 bits per heavy atom. The number of amides is 1. The molecule has 34 heavy (non-hydrogen) atoms. The highest BCUT2D eigenvalue weighted by Crippen LogP contribution is 2.50. The highest BCUT2D eigenvalue weighted by atomic mass is 16.2. The molecule has 6 rings (SSSR count). The fraction of sp³-hybridized carbons (Fsp3) is 0.500.